The first kappa shape index (κ1) is 12.0. The second kappa shape index (κ2) is 4.61. The van der Waals surface area contributed by atoms with Crippen LogP contribution >= 0.6 is 0 Å². The number of rotatable bonds is 5. The molecule has 0 aromatic heterocycles. The molecule has 1 fully saturated rings. The van der Waals surface area contributed by atoms with E-state index in [1.807, 2.05) is 0 Å². The molecule has 0 bridgehead atoms. The van der Waals surface area contributed by atoms with E-state index >= 15 is 0 Å². The molecule has 5 heteroatoms. The van der Waals surface area contributed by atoms with Gasteiger partial charge in [-0.3, -0.25) is 9.59 Å². The molecule has 0 saturated heterocycles. The van der Waals surface area contributed by atoms with Crippen LogP contribution in [-0.2, 0) is 14.3 Å². The summed E-state index contributed by atoms with van der Waals surface area (Å²) in [4.78, 5) is 22.4. The summed E-state index contributed by atoms with van der Waals surface area (Å²) in [6.07, 6.45) is 2.21. The second-order valence-electron chi connectivity index (χ2n) is 4.14. The number of carbonyl (C=O) groups excluding carboxylic acids is 2. The number of hydrogen-bond acceptors (Lipinski definition) is 4. The lowest BCUT2D eigenvalue weighted by molar-refractivity contribution is -0.140. The lowest BCUT2D eigenvalue weighted by Crippen LogP contribution is -2.53. The maximum absolute atomic E-state index is 11.6. The smallest absolute Gasteiger partial charge is 0.307 e. The van der Waals surface area contributed by atoms with Crippen molar-refractivity contribution in [1.82, 2.24) is 5.32 Å². The Bertz CT molecular complexity index is 259. The molecule has 1 unspecified atom stereocenters. The average molecular weight is 214 g/mol. The highest BCUT2D eigenvalue weighted by Crippen LogP contribution is 2.37. The van der Waals surface area contributed by atoms with Crippen LogP contribution in [0.1, 0.15) is 26.2 Å². The van der Waals surface area contributed by atoms with Gasteiger partial charge in [0, 0.05) is 6.54 Å². The molecule has 0 aromatic rings. The minimum atomic E-state index is -0.796. The number of methoxy groups -OCH3 is 1. The van der Waals surface area contributed by atoms with E-state index in [0.717, 1.165) is 12.8 Å². The summed E-state index contributed by atoms with van der Waals surface area (Å²) >= 11 is 0. The fourth-order valence-corrected chi connectivity index (χ4v) is 1.44. The van der Waals surface area contributed by atoms with Crippen molar-refractivity contribution in [3.05, 3.63) is 0 Å². The lowest BCUT2D eigenvalue weighted by Gasteiger charge is -2.22. The lowest BCUT2D eigenvalue weighted by atomic mass is 9.96. The highest BCUT2D eigenvalue weighted by Gasteiger charge is 2.43. The summed E-state index contributed by atoms with van der Waals surface area (Å²) in [6, 6.07) is 0. The number of hydrogen-bond donors (Lipinski definition) is 2. The van der Waals surface area contributed by atoms with Crippen molar-refractivity contribution < 1.29 is 14.3 Å². The van der Waals surface area contributed by atoms with Gasteiger partial charge in [-0.15, -0.1) is 0 Å². The standard InChI is InChI=1S/C10H18N2O3/c1-10(11,7-3-4-7)9(14)12-6-5-8(13)15-2/h7H,3-6,11H2,1-2H3,(H,12,14). The Morgan fingerprint density at radius 3 is 2.60 bits per heavy atom. The molecule has 1 saturated carbocycles. The number of nitrogens with two attached hydrogens (primary N) is 1. The van der Waals surface area contributed by atoms with E-state index in [-0.39, 0.29) is 30.8 Å². The maximum Gasteiger partial charge on any atom is 0.307 e. The van der Waals surface area contributed by atoms with Crippen molar-refractivity contribution in [2.75, 3.05) is 13.7 Å². The predicted molar refractivity (Wildman–Crippen MR) is 55.0 cm³/mol. The fraction of sp³-hybridized carbons (Fsp3) is 0.800. The first-order chi connectivity index (χ1) is 6.98. The molecule has 1 rings (SSSR count). The summed E-state index contributed by atoms with van der Waals surface area (Å²) in [6.45, 7) is 2.02. The molecule has 3 N–H and O–H groups in total. The van der Waals surface area contributed by atoms with E-state index in [4.69, 9.17) is 5.73 Å². The summed E-state index contributed by atoms with van der Waals surface area (Å²) in [5, 5.41) is 2.64. The van der Waals surface area contributed by atoms with Gasteiger partial charge in [-0.05, 0) is 25.7 Å². The van der Waals surface area contributed by atoms with Gasteiger partial charge in [-0.2, -0.15) is 0 Å². The minimum absolute atomic E-state index is 0.184. The topological polar surface area (TPSA) is 81.4 Å². The minimum Gasteiger partial charge on any atom is -0.469 e. The summed E-state index contributed by atoms with van der Waals surface area (Å²) in [7, 11) is 1.32. The Kier molecular flexibility index (Phi) is 3.68. The third-order valence-electron chi connectivity index (χ3n) is 2.76. The monoisotopic (exact) mass is 214 g/mol. The molecule has 1 atom stereocenters. The summed E-state index contributed by atoms with van der Waals surface area (Å²) < 4.78 is 4.46. The van der Waals surface area contributed by atoms with E-state index < -0.39 is 5.54 Å². The molecule has 0 heterocycles. The number of esters is 1. The van der Waals surface area contributed by atoms with Gasteiger partial charge in [-0.25, -0.2) is 0 Å². The molecule has 1 amide bonds. The summed E-state index contributed by atoms with van der Waals surface area (Å²) in [5.41, 5.74) is 5.09. The molecule has 5 nitrogen and oxygen atoms in total. The SMILES string of the molecule is COC(=O)CCNC(=O)C(C)(N)C1CC1. The van der Waals surface area contributed by atoms with Crippen LogP contribution in [0.15, 0.2) is 0 Å². The third kappa shape index (κ3) is 3.20. The van der Waals surface area contributed by atoms with Gasteiger partial charge in [0.05, 0.1) is 19.1 Å². The van der Waals surface area contributed by atoms with Gasteiger partial charge in [0.1, 0.15) is 0 Å². The van der Waals surface area contributed by atoms with E-state index in [9.17, 15) is 9.59 Å². The van der Waals surface area contributed by atoms with Gasteiger partial charge >= 0.3 is 5.97 Å². The van der Waals surface area contributed by atoms with Gasteiger partial charge in [-0.1, -0.05) is 0 Å². The highest BCUT2D eigenvalue weighted by molar-refractivity contribution is 5.86. The molecule has 15 heavy (non-hydrogen) atoms. The second-order valence-corrected chi connectivity index (χ2v) is 4.14. The van der Waals surface area contributed by atoms with Crippen LogP contribution in [0.2, 0.25) is 0 Å². The Morgan fingerprint density at radius 2 is 2.13 bits per heavy atom. The number of amides is 1. The van der Waals surface area contributed by atoms with Gasteiger partial charge in [0.15, 0.2) is 0 Å². The van der Waals surface area contributed by atoms with E-state index in [2.05, 4.69) is 10.1 Å². The van der Waals surface area contributed by atoms with Crippen molar-refractivity contribution in [1.29, 1.82) is 0 Å². The van der Waals surface area contributed by atoms with Crippen LogP contribution in [0.3, 0.4) is 0 Å². The van der Waals surface area contributed by atoms with Gasteiger partial charge in [0.2, 0.25) is 5.91 Å². The molecular formula is C10H18N2O3. The molecule has 0 spiro atoms. The van der Waals surface area contributed by atoms with Crippen LogP contribution in [0.25, 0.3) is 0 Å². The van der Waals surface area contributed by atoms with Crippen LogP contribution < -0.4 is 11.1 Å². The van der Waals surface area contributed by atoms with Crippen molar-refractivity contribution >= 4 is 11.9 Å². The van der Waals surface area contributed by atoms with E-state index in [0.29, 0.717) is 0 Å². The Morgan fingerprint density at radius 1 is 1.53 bits per heavy atom. The van der Waals surface area contributed by atoms with Gasteiger partial charge < -0.3 is 15.8 Å². The Balaban J connectivity index is 2.26. The molecule has 0 aliphatic heterocycles. The van der Waals surface area contributed by atoms with E-state index in [1.54, 1.807) is 6.92 Å². The molecule has 0 aromatic carbocycles. The maximum atomic E-state index is 11.6. The molecule has 0 radical (unpaired) electrons. The summed E-state index contributed by atoms with van der Waals surface area (Å²) in [5.74, 6) is -0.232. The first-order valence-electron chi connectivity index (χ1n) is 5.12. The molecule has 86 valence electrons. The van der Waals surface area contributed by atoms with Crippen molar-refractivity contribution in [3.63, 3.8) is 0 Å². The zero-order chi connectivity index (χ0) is 11.5. The third-order valence-corrected chi connectivity index (χ3v) is 2.76. The van der Waals surface area contributed by atoms with Crippen LogP contribution in [-0.4, -0.2) is 31.1 Å². The van der Waals surface area contributed by atoms with Crippen molar-refractivity contribution in [2.45, 2.75) is 31.7 Å². The molecule has 1 aliphatic rings. The first-order valence-corrected chi connectivity index (χ1v) is 5.12. The zero-order valence-electron chi connectivity index (χ0n) is 9.21. The van der Waals surface area contributed by atoms with Crippen molar-refractivity contribution in [2.24, 2.45) is 11.7 Å². The predicted octanol–water partition coefficient (Wildman–Crippen LogP) is -0.207. The van der Waals surface area contributed by atoms with Crippen LogP contribution in [0, 0.1) is 5.92 Å². The fourth-order valence-electron chi connectivity index (χ4n) is 1.44. The quantitative estimate of drug-likeness (QED) is 0.621. The van der Waals surface area contributed by atoms with Crippen LogP contribution in [0.4, 0.5) is 0 Å². The number of carbonyl (C=O) groups is 2. The van der Waals surface area contributed by atoms with Crippen LogP contribution in [0.5, 0.6) is 0 Å². The Hall–Kier alpha value is -1.10. The number of nitrogens with one attached hydrogen (secondary N) is 1. The molecule has 1 aliphatic carbocycles. The van der Waals surface area contributed by atoms with Gasteiger partial charge in [0.25, 0.3) is 0 Å². The Labute approximate surface area is 89.3 Å². The average Bonchev–Trinajstić information content (AvgIpc) is 3.00. The van der Waals surface area contributed by atoms with Crippen molar-refractivity contribution in [3.8, 4) is 0 Å². The van der Waals surface area contributed by atoms with E-state index in [1.165, 1.54) is 7.11 Å². The molecular weight excluding hydrogens is 196 g/mol. The highest BCUT2D eigenvalue weighted by atomic mass is 16.5. The number of ether oxygens (including phenoxy) is 1. The zero-order valence-corrected chi connectivity index (χ0v) is 9.21. The normalized spacial score (nSPS) is 19.1. The largest absolute Gasteiger partial charge is 0.469 e.